The van der Waals surface area contributed by atoms with Gasteiger partial charge in [-0.05, 0) is 90.0 Å². The van der Waals surface area contributed by atoms with Crippen LogP contribution in [0.1, 0.15) is 64.5 Å². The fourth-order valence-corrected chi connectivity index (χ4v) is 6.81. The van der Waals surface area contributed by atoms with E-state index in [4.69, 9.17) is 56.8 Å². The number of hydrogen-bond donors (Lipinski definition) is 0. The quantitative estimate of drug-likeness (QED) is 0.00723. The van der Waals surface area contributed by atoms with Gasteiger partial charge in [0.1, 0.15) is 19.8 Å². The molecule has 0 fully saturated rings. The number of rotatable bonds is 36. The summed E-state index contributed by atoms with van der Waals surface area (Å²) < 4.78 is 64.3. The summed E-state index contributed by atoms with van der Waals surface area (Å²) in [5, 5.41) is 22.5. The summed E-state index contributed by atoms with van der Waals surface area (Å²) in [6.07, 6.45) is 2.95. The zero-order valence-electron chi connectivity index (χ0n) is 46.2. The molecule has 0 aromatic heterocycles. The molecule has 0 aliphatic carbocycles. The van der Waals surface area contributed by atoms with Crippen LogP contribution in [0.15, 0.2) is 113 Å². The number of aliphatic imine (C=N–C) groups is 2. The lowest BCUT2D eigenvalue weighted by molar-refractivity contribution is -0.385. The fraction of sp³-hybridized carbons (Fsp3) is 0.350. The van der Waals surface area contributed by atoms with E-state index in [0.29, 0.717) is 104 Å². The van der Waals surface area contributed by atoms with Gasteiger partial charge in [0.15, 0.2) is 0 Å². The molecule has 83 heavy (non-hydrogen) atoms. The monoisotopic (exact) mass is 1140 g/mol. The minimum absolute atomic E-state index is 0.0655. The smallest absolute Gasteiger partial charge is 0.338 e. The van der Waals surface area contributed by atoms with Gasteiger partial charge in [-0.3, -0.25) is 30.2 Å². The van der Waals surface area contributed by atoms with Crippen LogP contribution in [0.4, 0.5) is 22.7 Å². The Hall–Kier alpha value is -8.59. The first kappa shape index (κ1) is 65.2. The Bertz CT molecular complexity index is 2890. The molecule has 0 heterocycles. The standard InChI is InChI=1S/C60H64N4O19/c1-72-16-19-75-22-25-78-28-31-81-58(65)51-35-47(4-6-49-37-52(59(66)82-32-29-79-26-23-76-20-17-73-2)41-54(39-49)61-43-45-8-12-56(13-9-45)63(68)69)34-48(36-51)5-7-50-38-53(60(67)83-33-30-80-27-24-77-21-18-74-3)42-55(40-50)62-44-46-10-14-57(15-11-46)64(70)71/h8-15,34-44H,16-33H2,1-3H3. The minimum atomic E-state index is -0.706. The van der Waals surface area contributed by atoms with E-state index in [1.807, 2.05) is 0 Å². The number of nitrogens with zero attached hydrogens (tertiary/aromatic N) is 4. The van der Waals surface area contributed by atoms with Crippen LogP contribution in [-0.4, -0.2) is 180 Å². The molecule has 0 atom stereocenters. The van der Waals surface area contributed by atoms with E-state index in [0.717, 1.165) is 0 Å². The van der Waals surface area contributed by atoms with Gasteiger partial charge in [0, 0.05) is 80.3 Å². The number of carbonyl (C=O) groups is 3. The van der Waals surface area contributed by atoms with Crippen molar-refractivity contribution in [1.29, 1.82) is 0 Å². The maximum absolute atomic E-state index is 13.7. The van der Waals surface area contributed by atoms with Crippen LogP contribution in [-0.2, 0) is 56.8 Å². The van der Waals surface area contributed by atoms with Crippen LogP contribution in [0, 0.1) is 43.9 Å². The van der Waals surface area contributed by atoms with Crippen LogP contribution < -0.4 is 0 Å². The Labute approximate surface area is 480 Å². The molecule has 0 aliphatic heterocycles. The van der Waals surface area contributed by atoms with Gasteiger partial charge >= 0.3 is 17.9 Å². The summed E-state index contributed by atoms with van der Waals surface area (Å²) >= 11 is 0. The van der Waals surface area contributed by atoms with Crippen molar-refractivity contribution in [3.05, 3.63) is 173 Å². The third-order valence-electron chi connectivity index (χ3n) is 10.9. The van der Waals surface area contributed by atoms with Gasteiger partial charge in [0.05, 0.1) is 137 Å². The average molecular weight is 1150 g/mol. The van der Waals surface area contributed by atoms with Crippen LogP contribution in [0.2, 0.25) is 0 Å². The molecule has 5 aromatic rings. The molecule has 0 radical (unpaired) electrons. The largest absolute Gasteiger partial charge is 0.460 e. The molecule has 0 aliphatic rings. The molecule has 0 amide bonds. The summed E-state index contributed by atoms with van der Waals surface area (Å²) in [5.41, 5.74) is 3.10. The second kappa shape index (κ2) is 38.2. The van der Waals surface area contributed by atoms with Crippen molar-refractivity contribution >= 4 is 53.1 Å². The van der Waals surface area contributed by atoms with Crippen LogP contribution in [0.5, 0.6) is 0 Å². The second-order valence-corrected chi connectivity index (χ2v) is 17.1. The molecule has 0 unspecified atom stereocenters. The van der Waals surface area contributed by atoms with Crippen molar-refractivity contribution in [3.63, 3.8) is 0 Å². The minimum Gasteiger partial charge on any atom is -0.460 e. The summed E-state index contributed by atoms with van der Waals surface area (Å²) in [6, 6.07) is 25.4. The highest BCUT2D eigenvalue weighted by atomic mass is 16.6. The molecule has 5 rings (SSSR count). The van der Waals surface area contributed by atoms with E-state index < -0.39 is 27.8 Å². The molecular weight excluding hydrogens is 1080 g/mol. The normalized spacial score (nSPS) is 11.0. The molecule has 0 saturated heterocycles. The third kappa shape index (κ3) is 25.8. The third-order valence-corrected chi connectivity index (χ3v) is 10.9. The number of carbonyl (C=O) groups excluding carboxylic acids is 3. The maximum Gasteiger partial charge on any atom is 0.338 e. The van der Waals surface area contributed by atoms with E-state index in [2.05, 4.69) is 33.7 Å². The highest BCUT2D eigenvalue weighted by Crippen LogP contribution is 2.22. The topological polar surface area (TPSA) is 273 Å². The van der Waals surface area contributed by atoms with Gasteiger partial charge in [-0.1, -0.05) is 23.7 Å². The summed E-state index contributed by atoms with van der Waals surface area (Å²) in [4.78, 5) is 71.1. The summed E-state index contributed by atoms with van der Waals surface area (Å²) in [5.74, 6) is 10.2. The Balaban J connectivity index is 1.47. The van der Waals surface area contributed by atoms with Gasteiger partial charge in [-0.15, -0.1) is 0 Å². The van der Waals surface area contributed by atoms with Gasteiger partial charge in [-0.25, -0.2) is 14.4 Å². The maximum atomic E-state index is 13.7. The van der Waals surface area contributed by atoms with Crippen molar-refractivity contribution in [2.24, 2.45) is 9.98 Å². The first-order valence-electron chi connectivity index (χ1n) is 26.0. The fourth-order valence-electron chi connectivity index (χ4n) is 6.81. The predicted octanol–water partition coefficient (Wildman–Crippen LogP) is 7.31. The van der Waals surface area contributed by atoms with Gasteiger partial charge in [-0.2, -0.15) is 0 Å². The van der Waals surface area contributed by atoms with E-state index in [9.17, 15) is 34.6 Å². The first-order valence-corrected chi connectivity index (χ1v) is 26.0. The van der Waals surface area contributed by atoms with E-state index in [1.165, 1.54) is 97.4 Å². The molecule has 23 nitrogen and oxygen atoms in total. The van der Waals surface area contributed by atoms with Crippen LogP contribution in [0.25, 0.3) is 0 Å². The highest BCUT2D eigenvalue weighted by molar-refractivity contribution is 5.93. The van der Waals surface area contributed by atoms with E-state index in [-0.39, 0.29) is 87.5 Å². The lowest BCUT2D eigenvalue weighted by Gasteiger charge is -2.08. The van der Waals surface area contributed by atoms with Gasteiger partial charge in [0.2, 0.25) is 0 Å². The van der Waals surface area contributed by atoms with Gasteiger partial charge in [0.25, 0.3) is 11.4 Å². The molecule has 438 valence electrons. The molecule has 0 saturated carbocycles. The van der Waals surface area contributed by atoms with Crippen molar-refractivity contribution in [2.75, 3.05) is 140 Å². The lowest BCUT2D eigenvalue weighted by Crippen LogP contribution is -2.14. The molecule has 23 heteroatoms. The zero-order valence-corrected chi connectivity index (χ0v) is 46.2. The number of ether oxygens (including phenoxy) is 12. The number of methoxy groups -OCH3 is 3. The first-order chi connectivity index (χ1) is 40.4. The van der Waals surface area contributed by atoms with Crippen molar-refractivity contribution < 1.29 is 81.1 Å². The van der Waals surface area contributed by atoms with Crippen LogP contribution >= 0.6 is 0 Å². The van der Waals surface area contributed by atoms with Crippen molar-refractivity contribution in [3.8, 4) is 23.7 Å². The average Bonchev–Trinajstić information content (AvgIpc) is 3.53. The van der Waals surface area contributed by atoms with E-state index >= 15 is 0 Å². The predicted molar refractivity (Wildman–Crippen MR) is 303 cm³/mol. The van der Waals surface area contributed by atoms with Crippen LogP contribution in [0.3, 0.4) is 0 Å². The Morgan fingerprint density at radius 3 is 0.940 bits per heavy atom. The lowest BCUT2D eigenvalue weighted by atomic mass is 10.0. The Morgan fingerprint density at radius 2 is 0.651 bits per heavy atom. The highest BCUT2D eigenvalue weighted by Gasteiger charge is 2.14. The molecule has 0 spiro atoms. The van der Waals surface area contributed by atoms with E-state index in [1.54, 1.807) is 39.5 Å². The number of nitro groups is 2. The number of hydrogen-bond acceptors (Lipinski definition) is 21. The summed E-state index contributed by atoms with van der Waals surface area (Å²) in [6.45, 7) is 4.43. The number of nitro benzene ring substituents is 2. The Kier molecular flexibility index (Phi) is 30.0. The molecular formula is C60H64N4O19. The molecule has 0 N–H and O–H groups in total. The molecule has 5 aromatic carbocycles. The Morgan fingerprint density at radius 1 is 0.386 bits per heavy atom. The molecule has 0 bridgehead atoms. The van der Waals surface area contributed by atoms with Gasteiger partial charge < -0.3 is 56.8 Å². The number of benzene rings is 5. The number of esters is 3. The van der Waals surface area contributed by atoms with Crippen molar-refractivity contribution in [2.45, 2.75) is 0 Å². The SMILES string of the molecule is COCCOCCOCCOC(=O)c1cc(C#Cc2cc(N=Cc3ccc([N+](=O)[O-])cc3)cc(C(=O)OCCOCCOCCOC)c2)cc(C#Cc2cc(N=Cc3ccc([N+](=O)[O-])cc3)cc(C(=O)OCCOCCOCCOC)c2)c1. The number of non-ortho nitro benzene ring substituents is 2. The van der Waals surface area contributed by atoms with Crippen molar-refractivity contribution in [1.82, 2.24) is 0 Å². The zero-order chi connectivity index (χ0) is 59.3. The second-order valence-electron chi connectivity index (χ2n) is 17.1. The summed E-state index contributed by atoms with van der Waals surface area (Å²) in [7, 11) is 4.72.